The monoisotopic (exact) mass is 284 g/mol. The molecule has 1 aromatic heterocycles. The highest BCUT2D eigenvalue weighted by Crippen LogP contribution is 2.30. The van der Waals surface area contributed by atoms with Crippen LogP contribution in [0.4, 0.5) is 0 Å². The van der Waals surface area contributed by atoms with E-state index < -0.39 is 0 Å². The minimum atomic E-state index is 0.810. The summed E-state index contributed by atoms with van der Waals surface area (Å²) in [6, 6.07) is 7.90. The number of aromatic nitrogens is 1. The number of benzene rings is 1. The highest BCUT2D eigenvalue weighted by molar-refractivity contribution is 7.98. The number of nitrogens with zero attached hydrogens (tertiary/aromatic N) is 1. The molecule has 0 fully saturated rings. The lowest BCUT2D eigenvalue weighted by Gasteiger charge is -2.01. The fourth-order valence-corrected chi connectivity index (χ4v) is 3.43. The highest BCUT2D eigenvalue weighted by Gasteiger charge is 2.04. The fraction of sp³-hybridized carbons (Fsp3) is 0.250. The summed E-state index contributed by atoms with van der Waals surface area (Å²) in [7, 11) is 1.93. The van der Waals surface area contributed by atoms with Crippen molar-refractivity contribution in [2.24, 2.45) is 0 Å². The van der Waals surface area contributed by atoms with Crippen LogP contribution in [0.2, 0.25) is 5.02 Å². The molecule has 2 aromatic rings. The highest BCUT2D eigenvalue weighted by atomic mass is 35.5. The molecule has 0 atom stereocenters. The number of thiazole rings is 1. The van der Waals surface area contributed by atoms with Crippen LogP contribution in [0.3, 0.4) is 0 Å². The minimum absolute atomic E-state index is 0.810. The summed E-state index contributed by atoms with van der Waals surface area (Å²) in [6.07, 6.45) is 0. The van der Waals surface area contributed by atoms with Gasteiger partial charge >= 0.3 is 0 Å². The van der Waals surface area contributed by atoms with Crippen LogP contribution in [0.1, 0.15) is 10.7 Å². The molecule has 0 spiro atoms. The molecule has 0 saturated heterocycles. The van der Waals surface area contributed by atoms with Gasteiger partial charge in [-0.25, -0.2) is 4.98 Å². The summed E-state index contributed by atoms with van der Waals surface area (Å²) >= 11 is 9.52. The predicted molar refractivity (Wildman–Crippen MR) is 75.9 cm³/mol. The molecule has 90 valence electrons. The summed E-state index contributed by atoms with van der Waals surface area (Å²) in [6.45, 7) is 0.827. The minimum Gasteiger partial charge on any atom is -0.314 e. The summed E-state index contributed by atoms with van der Waals surface area (Å²) < 4.78 is 0. The average Bonchev–Trinajstić information content (AvgIpc) is 2.76. The zero-order chi connectivity index (χ0) is 12.1. The Morgan fingerprint density at radius 1 is 1.41 bits per heavy atom. The van der Waals surface area contributed by atoms with Crippen molar-refractivity contribution < 1.29 is 0 Å². The molecule has 17 heavy (non-hydrogen) atoms. The fourth-order valence-electron chi connectivity index (χ4n) is 1.38. The van der Waals surface area contributed by atoms with Crippen LogP contribution in [-0.2, 0) is 12.3 Å². The zero-order valence-corrected chi connectivity index (χ0v) is 11.8. The Morgan fingerprint density at radius 3 is 3.00 bits per heavy atom. The van der Waals surface area contributed by atoms with Gasteiger partial charge in [0.1, 0.15) is 5.01 Å². The summed E-state index contributed by atoms with van der Waals surface area (Å²) in [5.41, 5.74) is 1.10. The molecule has 0 radical (unpaired) electrons. The molecule has 0 aliphatic rings. The van der Waals surface area contributed by atoms with E-state index in [-0.39, 0.29) is 0 Å². The van der Waals surface area contributed by atoms with Crippen molar-refractivity contribution in [1.82, 2.24) is 10.3 Å². The third-order valence-electron chi connectivity index (χ3n) is 2.15. The Hall–Kier alpha value is -0.550. The van der Waals surface area contributed by atoms with Gasteiger partial charge in [0, 0.05) is 16.8 Å². The number of hydrogen-bond donors (Lipinski definition) is 1. The number of hydrogen-bond acceptors (Lipinski definition) is 4. The van der Waals surface area contributed by atoms with Crippen molar-refractivity contribution in [1.29, 1.82) is 0 Å². The van der Waals surface area contributed by atoms with Crippen LogP contribution < -0.4 is 5.32 Å². The molecule has 5 heteroatoms. The van der Waals surface area contributed by atoms with E-state index in [4.69, 9.17) is 11.6 Å². The number of thioether (sulfide) groups is 1. The van der Waals surface area contributed by atoms with Gasteiger partial charge in [0.2, 0.25) is 0 Å². The van der Waals surface area contributed by atoms with E-state index in [0.29, 0.717) is 0 Å². The van der Waals surface area contributed by atoms with Gasteiger partial charge in [-0.3, -0.25) is 0 Å². The maximum absolute atomic E-state index is 6.10. The van der Waals surface area contributed by atoms with Gasteiger partial charge in [0.25, 0.3) is 0 Å². The average molecular weight is 285 g/mol. The molecule has 2 nitrogen and oxygen atoms in total. The van der Waals surface area contributed by atoms with Gasteiger partial charge in [-0.05, 0) is 19.2 Å². The van der Waals surface area contributed by atoms with Crippen LogP contribution in [-0.4, -0.2) is 12.0 Å². The Morgan fingerprint density at radius 2 is 2.24 bits per heavy atom. The first-order valence-corrected chi connectivity index (χ1v) is 7.49. The van der Waals surface area contributed by atoms with Gasteiger partial charge in [-0.1, -0.05) is 23.7 Å². The third-order valence-corrected chi connectivity index (χ3v) is 4.75. The van der Waals surface area contributed by atoms with E-state index in [2.05, 4.69) is 15.7 Å². The normalized spacial score (nSPS) is 10.7. The van der Waals surface area contributed by atoms with Crippen molar-refractivity contribution in [2.75, 3.05) is 7.05 Å². The van der Waals surface area contributed by atoms with E-state index >= 15 is 0 Å². The number of halogens is 1. The second-order valence-electron chi connectivity index (χ2n) is 3.48. The van der Waals surface area contributed by atoms with Crippen LogP contribution in [0.15, 0.2) is 34.5 Å². The van der Waals surface area contributed by atoms with E-state index in [1.54, 1.807) is 23.1 Å². The van der Waals surface area contributed by atoms with Crippen molar-refractivity contribution in [3.8, 4) is 0 Å². The van der Waals surface area contributed by atoms with Crippen LogP contribution >= 0.6 is 34.7 Å². The number of rotatable bonds is 5. The number of nitrogens with one attached hydrogen (secondary N) is 1. The topological polar surface area (TPSA) is 24.9 Å². The lowest BCUT2D eigenvalue weighted by molar-refractivity contribution is 0.794. The van der Waals surface area contributed by atoms with Gasteiger partial charge in [0.15, 0.2) is 0 Å². The standard InChI is InChI=1S/C12H13ClN2S2/c1-14-6-9-7-17-12(15-9)8-16-11-5-3-2-4-10(11)13/h2-5,7,14H,6,8H2,1H3. The van der Waals surface area contributed by atoms with E-state index in [9.17, 15) is 0 Å². The van der Waals surface area contributed by atoms with Gasteiger partial charge in [-0.15, -0.1) is 23.1 Å². The molecule has 0 saturated carbocycles. The molecule has 0 unspecified atom stereocenters. The largest absolute Gasteiger partial charge is 0.314 e. The molecule has 1 N–H and O–H groups in total. The third kappa shape index (κ3) is 3.71. The lowest BCUT2D eigenvalue weighted by Crippen LogP contribution is -2.05. The van der Waals surface area contributed by atoms with Crippen LogP contribution in [0.5, 0.6) is 0 Å². The molecule has 0 aliphatic carbocycles. The van der Waals surface area contributed by atoms with E-state index in [0.717, 1.165) is 32.9 Å². The first-order valence-electron chi connectivity index (χ1n) is 5.25. The second kappa shape index (κ2) is 6.40. The van der Waals surface area contributed by atoms with Crippen LogP contribution in [0.25, 0.3) is 0 Å². The lowest BCUT2D eigenvalue weighted by atomic mass is 10.4. The van der Waals surface area contributed by atoms with Gasteiger partial charge in [-0.2, -0.15) is 0 Å². The summed E-state index contributed by atoms with van der Waals surface area (Å²) in [5.74, 6) is 0.873. The van der Waals surface area contributed by atoms with E-state index in [1.165, 1.54) is 0 Å². The van der Waals surface area contributed by atoms with Crippen molar-refractivity contribution in [3.63, 3.8) is 0 Å². The molecule has 1 aromatic carbocycles. The van der Waals surface area contributed by atoms with Crippen molar-refractivity contribution in [3.05, 3.63) is 45.4 Å². The zero-order valence-electron chi connectivity index (χ0n) is 9.44. The first kappa shape index (κ1) is 12.9. The van der Waals surface area contributed by atoms with Gasteiger partial charge in [0.05, 0.1) is 16.5 Å². The Bertz CT molecular complexity index is 485. The quantitative estimate of drug-likeness (QED) is 0.845. The molecule has 0 aliphatic heterocycles. The van der Waals surface area contributed by atoms with Gasteiger partial charge < -0.3 is 5.32 Å². The second-order valence-corrected chi connectivity index (χ2v) is 5.85. The molecule has 0 amide bonds. The van der Waals surface area contributed by atoms with Crippen molar-refractivity contribution in [2.45, 2.75) is 17.2 Å². The van der Waals surface area contributed by atoms with Crippen LogP contribution in [0, 0.1) is 0 Å². The first-order chi connectivity index (χ1) is 8.29. The SMILES string of the molecule is CNCc1csc(CSc2ccccc2Cl)n1. The Labute approximate surface area is 114 Å². The molecule has 1 heterocycles. The summed E-state index contributed by atoms with van der Waals surface area (Å²) in [5, 5.41) is 7.14. The molecular formula is C12H13ClN2S2. The predicted octanol–water partition coefficient (Wildman–Crippen LogP) is 3.81. The smallest absolute Gasteiger partial charge is 0.103 e. The van der Waals surface area contributed by atoms with Crippen molar-refractivity contribution >= 4 is 34.7 Å². The molecular weight excluding hydrogens is 272 g/mol. The Kier molecular flexibility index (Phi) is 4.86. The maximum atomic E-state index is 6.10. The molecule has 0 bridgehead atoms. The van der Waals surface area contributed by atoms with E-state index in [1.807, 2.05) is 31.3 Å². The summed E-state index contributed by atoms with van der Waals surface area (Å²) in [4.78, 5) is 5.65. The molecule has 2 rings (SSSR count). The maximum Gasteiger partial charge on any atom is 0.103 e. The Balaban J connectivity index is 1.95.